The van der Waals surface area contributed by atoms with Gasteiger partial charge in [0.05, 0.1) is 15.7 Å². The standard InChI is InChI=1S/C14H17Cl3O4S/c1-4-8(3)22(20,21)12-9(5-2)10(13(18)19)6-7-11(12)14(15,16)17/h6-8H,4-5H2,1-3H3,(H,18,19)/t8-/m0/s1. The van der Waals surface area contributed by atoms with Crippen molar-refractivity contribution in [3.05, 3.63) is 28.8 Å². The maximum atomic E-state index is 12.8. The molecule has 0 fully saturated rings. The molecule has 0 amide bonds. The summed E-state index contributed by atoms with van der Waals surface area (Å²) in [6.07, 6.45) is 0.559. The summed E-state index contributed by atoms with van der Waals surface area (Å²) >= 11 is 17.7. The highest BCUT2D eigenvalue weighted by Gasteiger charge is 2.36. The normalized spacial score (nSPS) is 13.9. The summed E-state index contributed by atoms with van der Waals surface area (Å²) in [5.74, 6) is -1.21. The Morgan fingerprint density at radius 1 is 1.27 bits per heavy atom. The second-order valence-corrected chi connectivity index (χ2v) is 9.47. The maximum Gasteiger partial charge on any atom is 0.336 e. The Morgan fingerprint density at radius 3 is 2.18 bits per heavy atom. The lowest BCUT2D eigenvalue weighted by Crippen LogP contribution is -2.23. The van der Waals surface area contributed by atoms with Crippen LogP contribution in [0.25, 0.3) is 0 Å². The smallest absolute Gasteiger partial charge is 0.336 e. The van der Waals surface area contributed by atoms with Crippen LogP contribution in [0.3, 0.4) is 0 Å². The molecule has 0 saturated heterocycles. The molecule has 0 heterocycles. The van der Waals surface area contributed by atoms with Crippen LogP contribution >= 0.6 is 34.8 Å². The Kier molecular flexibility index (Phi) is 6.18. The quantitative estimate of drug-likeness (QED) is 0.763. The van der Waals surface area contributed by atoms with Crippen LogP contribution in [0.2, 0.25) is 0 Å². The molecule has 0 bridgehead atoms. The van der Waals surface area contributed by atoms with E-state index >= 15 is 0 Å². The lowest BCUT2D eigenvalue weighted by Gasteiger charge is -2.23. The molecular weight excluding hydrogens is 371 g/mol. The number of hydrogen-bond acceptors (Lipinski definition) is 3. The SMILES string of the molecule is CCc1c(C(=O)O)ccc(C(Cl)(Cl)Cl)c1S(=O)(=O)[C@@H](C)CC. The molecule has 0 aliphatic carbocycles. The summed E-state index contributed by atoms with van der Waals surface area (Å²) in [6.45, 7) is 4.94. The van der Waals surface area contributed by atoms with Crippen molar-refractivity contribution in [2.45, 2.75) is 47.6 Å². The molecule has 0 aromatic heterocycles. The lowest BCUT2D eigenvalue weighted by molar-refractivity contribution is 0.0695. The van der Waals surface area contributed by atoms with Crippen LogP contribution in [0.1, 0.15) is 48.7 Å². The fourth-order valence-electron chi connectivity index (χ4n) is 2.15. The van der Waals surface area contributed by atoms with Crippen molar-refractivity contribution >= 4 is 50.6 Å². The van der Waals surface area contributed by atoms with Gasteiger partial charge in [0.1, 0.15) is 0 Å². The first kappa shape index (κ1) is 19.6. The van der Waals surface area contributed by atoms with Gasteiger partial charge in [-0.3, -0.25) is 0 Å². The first-order valence-corrected chi connectivity index (χ1v) is 9.36. The molecule has 8 heteroatoms. The van der Waals surface area contributed by atoms with Crippen molar-refractivity contribution in [2.24, 2.45) is 0 Å². The first-order chi connectivity index (χ1) is 9.98. The molecule has 0 aliphatic heterocycles. The van der Waals surface area contributed by atoms with E-state index in [4.69, 9.17) is 34.8 Å². The van der Waals surface area contributed by atoms with Crippen LogP contribution < -0.4 is 0 Å². The van der Waals surface area contributed by atoms with Crippen molar-refractivity contribution in [2.75, 3.05) is 0 Å². The Hall–Kier alpha value is -0.490. The number of benzene rings is 1. The Labute approximate surface area is 145 Å². The second-order valence-electron chi connectivity index (χ2n) is 4.89. The van der Waals surface area contributed by atoms with E-state index in [0.29, 0.717) is 6.42 Å². The van der Waals surface area contributed by atoms with Gasteiger partial charge < -0.3 is 5.11 Å². The van der Waals surface area contributed by atoms with Crippen LogP contribution in [0.4, 0.5) is 0 Å². The zero-order valence-corrected chi connectivity index (χ0v) is 15.4. The average molecular weight is 388 g/mol. The number of carboxylic acid groups (broad SMARTS) is 1. The van der Waals surface area contributed by atoms with Gasteiger partial charge in [0.15, 0.2) is 9.84 Å². The average Bonchev–Trinajstić information content (AvgIpc) is 2.43. The van der Waals surface area contributed by atoms with Gasteiger partial charge >= 0.3 is 5.97 Å². The van der Waals surface area contributed by atoms with Crippen LogP contribution in [0.5, 0.6) is 0 Å². The highest BCUT2D eigenvalue weighted by Crippen LogP contribution is 2.44. The van der Waals surface area contributed by atoms with Gasteiger partial charge in [-0.2, -0.15) is 0 Å². The highest BCUT2D eigenvalue weighted by molar-refractivity contribution is 7.92. The van der Waals surface area contributed by atoms with Crippen LogP contribution in [-0.4, -0.2) is 24.7 Å². The van der Waals surface area contributed by atoms with Crippen LogP contribution in [0, 0.1) is 0 Å². The molecule has 22 heavy (non-hydrogen) atoms. The molecule has 1 atom stereocenters. The van der Waals surface area contributed by atoms with Crippen molar-refractivity contribution < 1.29 is 18.3 Å². The number of hydrogen-bond donors (Lipinski definition) is 1. The summed E-state index contributed by atoms with van der Waals surface area (Å²) < 4.78 is 23.7. The number of carbonyl (C=O) groups is 1. The molecule has 1 N–H and O–H groups in total. The third-order valence-corrected chi connectivity index (χ3v) is 6.58. The van der Waals surface area contributed by atoms with E-state index in [-0.39, 0.29) is 28.0 Å². The molecule has 1 aromatic rings. The van der Waals surface area contributed by atoms with Gasteiger partial charge in [0.25, 0.3) is 0 Å². The monoisotopic (exact) mass is 386 g/mol. The molecule has 4 nitrogen and oxygen atoms in total. The van der Waals surface area contributed by atoms with Crippen molar-refractivity contribution in [3.8, 4) is 0 Å². The number of carboxylic acids is 1. The zero-order chi connectivity index (χ0) is 17.3. The number of halogens is 3. The first-order valence-electron chi connectivity index (χ1n) is 6.68. The molecule has 124 valence electrons. The van der Waals surface area contributed by atoms with Gasteiger partial charge in [-0.25, -0.2) is 13.2 Å². The highest BCUT2D eigenvalue weighted by atomic mass is 35.6. The molecule has 0 radical (unpaired) electrons. The lowest BCUT2D eigenvalue weighted by atomic mass is 10.0. The van der Waals surface area contributed by atoms with Crippen molar-refractivity contribution in [1.82, 2.24) is 0 Å². The molecule has 0 saturated carbocycles. The third-order valence-electron chi connectivity index (χ3n) is 3.54. The summed E-state index contributed by atoms with van der Waals surface area (Å²) in [5, 5.41) is 8.57. The van der Waals surface area contributed by atoms with E-state index in [1.807, 2.05) is 0 Å². The maximum absolute atomic E-state index is 12.8. The number of rotatable bonds is 5. The van der Waals surface area contributed by atoms with Gasteiger partial charge in [-0.1, -0.05) is 54.7 Å². The minimum absolute atomic E-state index is 0.0142. The Morgan fingerprint density at radius 2 is 1.82 bits per heavy atom. The van der Waals surface area contributed by atoms with Crippen LogP contribution in [-0.2, 0) is 20.1 Å². The second kappa shape index (κ2) is 6.95. The van der Waals surface area contributed by atoms with Gasteiger partial charge in [-0.05, 0) is 31.4 Å². The molecule has 1 aromatic carbocycles. The van der Waals surface area contributed by atoms with Gasteiger partial charge in [0.2, 0.25) is 3.79 Å². The number of alkyl halides is 3. The van der Waals surface area contributed by atoms with Gasteiger partial charge in [-0.15, -0.1) is 0 Å². The summed E-state index contributed by atoms with van der Waals surface area (Å²) in [5.41, 5.74) is 0.0543. The summed E-state index contributed by atoms with van der Waals surface area (Å²) in [4.78, 5) is 11.2. The van der Waals surface area contributed by atoms with E-state index in [1.54, 1.807) is 20.8 Å². The zero-order valence-electron chi connectivity index (χ0n) is 12.4. The molecular formula is C14H17Cl3O4S. The molecule has 0 unspecified atom stereocenters. The van der Waals surface area contributed by atoms with Crippen molar-refractivity contribution in [1.29, 1.82) is 0 Å². The topological polar surface area (TPSA) is 71.4 Å². The van der Waals surface area contributed by atoms with E-state index in [0.717, 1.165) is 0 Å². The Balaban J connectivity index is 3.92. The number of sulfone groups is 1. The fraction of sp³-hybridized carbons (Fsp3) is 0.500. The molecule has 1 rings (SSSR count). The molecule has 0 spiro atoms. The van der Waals surface area contributed by atoms with E-state index in [2.05, 4.69) is 0 Å². The van der Waals surface area contributed by atoms with E-state index in [1.165, 1.54) is 12.1 Å². The minimum Gasteiger partial charge on any atom is -0.478 e. The third kappa shape index (κ3) is 3.70. The summed E-state index contributed by atoms with van der Waals surface area (Å²) in [7, 11) is -3.82. The van der Waals surface area contributed by atoms with E-state index < -0.39 is 24.8 Å². The van der Waals surface area contributed by atoms with Crippen LogP contribution in [0.15, 0.2) is 17.0 Å². The predicted molar refractivity (Wildman–Crippen MR) is 89.0 cm³/mol. The predicted octanol–water partition coefficient (Wildman–Crippen LogP) is 4.35. The largest absolute Gasteiger partial charge is 0.478 e. The van der Waals surface area contributed by atoms with Crippen molar-refractivity contribution in [3.63, 3.8) is 0 Å². The fourth-order valence-corrected chi connectivity index (χ4v) is 4.76. The van der Waals surface area contributed by atoms with Gasteiger partial charge in [0, 0.05) is 5.56 Å². The van der Waals surface area contributed by atoms with E-state index in [9.17, 15) is 18.3 Å². The minimum atomic E-state index is -3.82. The Bertz CT molecular complexity index is 678. The molecule has 0 aliphatic rings. The summed E-state index contributed by atoms with van der Waals surface area (Å²) in [6, 6.07) is 2.53. The number of aromatic carboxylic acids is 1.